The van der Waals surface area contributed by atoms with E-state index in [0.717, 1.165) is 17.8 Å². The van der Waals surface area contributed by atoms with Crippen LogP contribution in [0.25, 0.3) is 0 Å². The first kappa shape index (κ1) is 6.04. The molecular formula is C9H13NO. The molecule has 1 N–H and O–H groups in total. The minimum Gasteiger partial charge on any atom is -0.353 e. The molecule has 0 saturated heterocycles. The van der Waals surface area contributed by atoms with E-state index in [1.54, 1.807) is 6.92 Å². The summed E-state index contributed by atoms with van der Waals surface area (Å²) in [6.45, 7) is 3.94. The number of carbonyl (C=O) groups excluding carboxylic acids is 1. The average molecular weight is 151 g/mol. The molecule has 3 fully saturated rings. The molecule has 0 aromatic heterocycles. The van der Waals surface area contributed by atoms with E-state index in [1.165, 1.54) is 6.42 Å². The predicted octanol–water partition coefficient (Wildman–Crippen LogP) is 0.777. The smallest absolute Gasteiger partial charge is 0.217 e. The van der Waals surface area contributed by atoms with Gasteiger partial charge in [-0.2, -0.15) is 0 Å². The normalized spacial score (nSPS) is 62.0. The third-order valence-corrected chi connectivity index (χ3v) is 4.11. The van der Waals surface area contributed by atoms with Gasteiger partial charge in [-0.3, -0.25) is 4.79 Å². The van der Waals surface area contributed by atoms with E-state index < -0.39 is 0 Å². The van der Waals surface area contributed by atoms with Crippen LogP contribution in [0.15, 0.2) is 0 Å². The topological polar surface area (TPSA) is 29.1 Å². The maximum atomic E-state index is 10.8. The zero-order chi connectivity index (χ0) is 7.80. The quantitative estimate of drug-likeness (QED) is 0.589. The van der Waals surface area contributed by atoms with Crippen LogP contribution in [0.3, 0.4) is 0 Å². The summed E-state index contributed by atoms with van der Waals surface area (Å²) < 4.78 is 0. The summed E-state index contributed by atoms with van der Waals surface area (Å²) in [4.78, 5) is 10.8. The lowest BCUT2D eigenvalue weighted by molar-refractivity contribution is -0.119. The van der Waals surface area contributed by atoms with Crippen LogP contribution in [0, 0.1) is 23.2 Å². The summed E-state index contributed by atoms with van der Waals surface area (Å²) in [6.07, 6.45) is 1.39. The monoisotopic (exact) mass is 151 g/mol. The van der Waals surface area contributed by atoms with Crippen LogP contribution in [0.2, 0.25) is 0 Å². The first-order chi connectivity index (χ1) is 5.18. The second kappa shape index (κ2) is 1.35. The van der Waals surface area contributed by atoms with Crippen LogP contribution in [0.1, 0.15) is 20.3 Å². The number of hydrogen-bond acceptors (Lipinski definition) is 1. The molecule has 0 aliphatic heterocycles. The highest BCUT2D eigenvalue weighted by Crippen LogP contribution is 2.88. The van der Waals surface area contributed by atoms with Crippen molar-refractivity contribution < 1.29 is 4.79 Å². The average Bonchev–Trinajstić information content (AvgIpc) is 2.70. The number of hydrogen-bond donors (Lipinski definition) is 1. The third-order valence-electron chi connectivity index (χ3n) is 4.11. The van der Waals surface area contributed by atoms with Crippen molar-refractivity contribution in [1.82, 2.24) is 5.32 Å². The molecule has 1 amide bonds. The molecule has 5 atom stereocenters. The minimum absolute atomic E-state index is 0.150. The van der Waals surface area contributed by atoms with Gasteiger partial charge < -0.3 is 5.32 Å². The maximum absolute atomic E-state index is 10.8. The zero-order valence-corrected chi connectivity index (χ0v) is 6.92. The Morgan fingerprint density at radius 3 is 2.73 bits per heavy atom. The van der Waals surface area contributed by atoms with Crippen LogP contribution in [0.5, 0.6) is 0 Å². The van der Waals surface area contributed by atoms with Crippen molar-refractivity contribution >= 4 is 5.91 Å². The molecule has 0 aromatic rings. The Bertz CT molecular complexity index is 250. The summed E-state index contributed by atoms with van der Waals surface area (Å²) in [7, 11) is 0. The number of amides is 1. The maximum Gasteiger partial charge on any atom is 0.217 e. The SMILES string of the molecule is CC(=O)NC1C2C(C)C3CC312. The van der Waals surface area contributed by atoms with Crippen molar-refractivity contribution in [2.24, 2.45) is 23.2 Å². The highest BCUT2D eigenvalue weighted by molar-refractivity contribution is 5.74. The van der Waals surface area contributed by atoms with Crippen molar-refractivity contribution in [3.63, 3.8) is 0 Å². The van der Waals surface area contributed by atoms with E-state index in [4.69, 9.17) is 0 Å². The fraction of sp³-hybridized carbons (Fsp3) is 0.889. The summed E-state index contributed by atoms with van der Waals surface area (Å²) in [5.74, 6) is 2.88. The van der Waals surface area contributed by atoms with Gasteiger partial charge in [0.05, 0.1) is 0 Å². The summed E-state index contributed by atoms with van der Waals surface area (Å²) >= 11 is 0. The molecule has 60 valence electrons. The Hall–Kier alpha value is -0.530. The molecule has 0 heterocycles. The van der Waals surface area contributed by atoms with E-state index in [0.29, 0.717) is 11.5 Å². The van der Waals surface area contributed by atoms with Crippen molar-refractivity contribution in [2.75, 3.05) is 0 Å². The molecule has 3 saturated carbocycles. The molecule has 0 bridgehead atoms. The van der Waals surface area contributed by atoms with Gasteiger partial charge in [0.15, 0.2) is 0 Å². The second-order valence-corrected chi connectivity index (χ2v) is 4.49. The first-order valence-corrected chi connectivity index (χ1v) is 4.45. The van der Waals surface area contributed by atoms with Gasteiger partial charge in [0, 0.05) is 13.0 Å². The molecular weight excluding hydrogens is 138 g/mol. The Morgan fingerprint density at radius 2 is 2.36 bits per heavy atom. The molecule has 0 radical (unpaired) electrons. The van der Waals surface area contributed by atoms with E-state index >= 15 is 0 Å². The molecule has 5 unspecified atom stereocenters. The second-order valence-electron chi connectivity index (χ2n) is 4.49. The molecule has 0 aromatic carbocycles. The molecule has 1 spiro atoms. The van der Waals surface area contributed by atoms with Crippen LogP contribution >= 0.6 is 0 Å². The molecule has 2 nitrogen and oxygen atoms in total. The zero-order valence-electron chi connectivity index (χ0n) is 6.92. The Balaban J connectivity index is 1.74. The lowest BCUT2D eigenvalue weighted by Crippen LogP contribution is -2.24. The molecule has 11 heavy (non-hydrogen) atoms. The highest BCUT2D eigenvalue weighted by atomic mass is 16.1. The van der Waals surface area contributed by atoms with E-state index in [1.807, 2.05) is 0 Å². The van der Waals surface area contributed by atoms with Crippen molar-refractivity contribution in [3.05, 3.63) is 0 Å². The fourth-order valence-corrected chi connectivity index (χ4v) is 3.60. The lowest BCUT2D eigenvalue weighted by Gasteiger charge is -2.16. The minimum atomic E-state index is 0.150. The fourth-order valence-electron chi connectivity index (χ4n) is 3.60. The highest BCUT2D eigenvalue weighted by Gasteiger charge is 2.89. The number of carbonyl (C=O) groups is 1. The van der Waals surface area contributed by atoms with Crippen LogP contribution in [-0.4, -0.2) is 11.9 Å². The molecule has 3 aliphatic carbocycles. The van der Waals surface area contributed by atoms with Crippen LogP contribution in [-0.2, 0) is 4.79 Å². The van der Waals surface area contributed by atoms with E-state index in [9.17, 15) is 4.79 Å². The Morgan fingerprint density at radius 1 is 1.64 bits per heavy atom. The summed E-state index contributed by atoms with van der Waals surface area (Å²) in [5.41, 5.74) is 0.644. The Labute approximate surface area is 66.4 Å². The van der Waals surface area contributed by atoms with E-state index in [-0.39, 0.29) is 5.91 Å². The molecule has 3 rings (SSSR count). The van der Waals surface area contributed by atoms with Gasteiger partial charge in [0.25, 0.3) is 0 Å². The van der Waals surface area contributed by atoms with Gasteiger partial charge in [0.1, 0.15) is 0 Å². The van der Waals surface area contributed by atoms with E-state index in [2.05, 4.69) is 12.2 Å². The van der Waals surface area contributed by atoms with Crippen molar-refractivity contribution in [1.29, 1.82) is 0 Å². The number of nitrogens with one attached hydrogen (secondary N) is 1. The first-order valence-electron chi connectivity index (χ1n) is 4.45. The largest absolute Gasteiger partial charge is 0.353 e. The number of rotatable bonds is 1. The van der Waals surface area contributed by atoms with Crippen molar-refractivity contribution in [3.8, 4) is 0 Å². The third kappa shape index (κ3) is 0.445. The van der Waals surface area contributed by atoms with Crippen LogP contribution in [0.4, 0.5) is 0 Å². The molecule has 2 heteroatoms. The predicted molar refractivity (Wildman–Crippen MR) is 40.8 cm³/mol. The van der Waals surface area contributed by atoms with Gasteiger partial charge in [-0.05, 0) is 29.6 Å². The van der Waals surface area contributed by atoms with Crippen LogP contribution < -0.4 is 5.32 Å². The van der Waals surface area contributed by atoms with Gasteiger partial charge in [-0.15, -0.1) is 0 Å². The molecule has 3 aliphatic rings. The summed E-state index contributed by atoms with van der Waals surface area (Å²) in [5, 5.41) is 3.05. The van der Waals surface area contributed by atoms with Crippen molar-refractivity contribution in [2.45, 2.75) is 26.3 Å². The Kier molecular flexibility index (Phi) is 0.739. The summed E-state index contributed by atoms with van der Waals surface area (Å²) in [6, 6.07) is 0.569. The van der Waals surface area contributed by atoms with Gasteiger partial charge in [-0.25, -0.2) is 0 Å². The van der Waals surface area contributed by atoms with Gasteiger partial charge in [-0.1, -0.05) is 6.92 Å². The van der Waals surface area contributed by atoms with Gasteiger partial charge >= 0.3 is 0 Å². The lowest BCUT2D eigenvalue weighted by atomic mass is 9.87. The standard InChI is InChI=1S/C9H13NO/c1-4-6-3-9(6)7(4)8(9)10-5(2)11/h4,6-8H,3H2,1-2H3,(H,10,11). The van der Waals surface area contributed by atoms with Gasteiger partial charge in [0.2, 0.25) is 5.91 Å².